The summed E-state index contributed by atoms with van der Waals surface area (Å²) >= 11 is 0. The van der Waals surface area contributed by atoms with Crippen LogP contribution < -0.4 is 10.2 Å². The Balaban J connectivity index is 1.18. The molecule has 0 unspecified atom stereocenters. The third kappa shape index (κ3) is 6.48. The van der Waals surface area contributed by atoms with Crippen LogP contribution in [0.1, 0.15) is 36.8 Å². The molecule has 188 valence electrons. The van der Waals surface area contributed by atoms with E-state index in [-0.39, 0.29) is 30.3 Å². The molecule has 2 aromatic carbocycles. The SMILES string of the molecule is Cc1ccc(N2CCN(C(=O)COC3CCC(Nc4ccc([N+](=O)[O-])cc4CF)CC3)CC2)cc1. The number of benzene rings is 2. The lowest BCUT2D eigenvalue weighted by Gasteiger charge is -2.36. The second kappa shape index (κ2) is 11.5. The molecule has 35 heavy (non-hydrogen) atoms. The number of nitrogens with zero attached hydrogens (tertiary/aromatic N) is 3. The number of anilines is 2. The number of rotatable bonds is 8. The third-order valence-electron chi connectivity index (χ3n) is 6.95. The Morgan fingerprint density at radius 2 is 1.77 bits per heavy atom. The van der Waals surface area contributed by atoms with Gasteiger partial charge < -0.3 is 19.9 Å². The highest BCUT2D eigenvalue weighted by Crippen LogP contribution is 2.28. The molecule has 1 aliphatic heterocycles. The van der Waals surface area contributed by atoms with E-state index in [1.165, 1.54) is 23.4 Å². The van der Waals surface area contributed by atoms with Crippen molar-refractivity contribution in [1.29, 1.82) is 0 Å². The second-order valence-electron chi connectivity index (χ2n) is 9.36. The summed E-state index contributed by atoms with van der Waals surface area (Å²) in [6.07, 6.45) is 3.31. The van der Waals surface area contributed by atoms with Crippen molar-refractivity contribution >= 4 is 23.0 Å². The van der Waals surface area contributed by atoms with E-state index >= 15 is 0 Å². The number of nitrogens with one attached hydrogen (secondary N) is 1. The summed E-state index contributed by atoms with van der Waals surface area (Å²) in [7, 11) is 0. The van der Waals surface area contributed by atoms with Crippen LogP contribution in [-0.4, -0.2) is 60.7 Å². The van der Waals surface area contributed by atoms with E-state index in [4.69, 9.17) is 4.74 Å². The van der Waals surface area contributed by atoms with Crippen LogP contribution in [0.3, 0.4) is 0 Å². The first kappa shape index (κ1) is 24.9. The van der Waals surface area contributed by atoms with Gasteiger partial charge in [0.05, 0.1) is 11.0 Å². The summed E-state index contributed by atoms with van der Waals surface area (Å²) in [5, 5.41) is 14.2. The number of ether oxygens (including phenoxy) is 1. The molecule has 1 heterocycles. The quantitative estimate of drug-likeness (QED) is 0.440. The average molecular weight is 485 g/mol. The Kier molecular flexibility index (Phi) is 8.17. The number of amides is 1. The standard InChI is InChI=1S/C26H33FN4O4/c1-19-2-6-22(7-3-19)29-12-14-30(15-13-29)26(32)18-35-24-9-4-21(5-10-24)28-25-11-8-23(31(33)34)16-20(25)17-27/h2-3,6-8,11,16,21,24,28H,4-5,9-10,12-15,17-18H2,1H3. The summed E-state index contributed by atoms with van der Waals surface area (Å²) in [5.41, 5.74) is 3.21. The van der Waals surface area contributed by atoms with E-state index in [0.29, 0.717) is 24.3 Å². The lowest BCUT2D eigenvalue weighted by atomic mass is 9.92. The second-order valence-corrected chi connectivity index (χ2v) is 9.36. The molecule has 1 N–H and O–H groups in total. The summed E-state index contributed by atoms with van der Waals surface area (Å²) in [5.74, 6) is 0.0345. The fraction of sp³-hybridized carbons (Fsp3) is 0.500. The number of hydrogen-bond donors (Lipinski definition) is 1. The van der Waals surface area contributed by atoms with Crippen molar-refractivity contribution < 1.29 is 18.8 Å². The van der Waals surface area contributed by atoms with Crippen molar-refractivity contribution in [3.8, 4) is 0 Å². The lowest BCUT2D eigenvalue weighted by Crippen LogP contribution is -2.50. The molecule has 1 amide bonds. The Labute approximate surface area is 205 Å². The molecule has 0 bridgehead atoms. The minimum Gasteiger partial charge on any atom is -0.382 e. The van der Waals surface area contributed by atoms with Gasteiger partial charge in [-0.25, -0.2) is 4.39 Å². The number of piperazine rings is 1. The summed E-state index contributed by atoms with van der Waals surface area (Å²) in [6.45, 7) is 4.43. The molecule has 8 nitrogen and oxygen atoms in total. The third-order valence-corrected chi connectivity index (χ3v) is 6.95. The van der Waals surface area contributed by atoms with Gasteiger partial charge in [0.15, 0.2) is 0 Å². The van der Waals surface area contributed by atoms with Crippen LogP contribution in [0.4, 0.5) is 21.5 Å². The van der Waals surface area contributed by atoms with Crippen molar-refractivity contribution in [3.05, 3.63) is 63.7 Å². The number of hydrogen-bond acceptors (Lipinski definition) is 6. The van der Waals surface area contributed by atoms with Gasteiger partial charge >= 0.3 is 0 Å². The minimum atomic E-state index is -0.760. The Bertz CT molecular complexity index is 1020. The zero-order chi connectivity index (χ0) is 24.8. The normalized spacial score (nSPS) is 20.5. The molecular formula is C26H33FN4O4. The molecule has 0 spiro atoms. The molecule has 4 rings (SSSR count). The number of halogens is 1. The number of non-ortho nitro benzene ring substituents is 1. The molecular weight excluding hydrogens is 451 g/mol. The molecule has 2 fully saturated rings. The Morgan fingerprint density at radius 3 is 2.40 bits per heavy atom. The molecule has 1 saturated carbocycles. The average Bonchev–Trinajstić information content (AvgIpc) is 2.88. The molecule has 2 aliphatic rings. The summed E-state index contributed by atoms with van der Waals surface area (Å²) in [4.78, 5) is 27.3. The van der Waals surface area contributed by atoms with E-state index in [1.54, 1.807) is 6.07 Å². The molecule has 0 radical (unpaired) electrons. The number of nitro groups is 1. The largest absolute Gasteiger partial charge is 0.382 e. The molecule has 2 aromatic rings. The maximum atomic E-state index is 13.4. The fourth-order valence-corrected chi connectivity index (χ4v) is 4.79. The first-order chi connectivity index (χ1) is 16.9. The van der Waals surface area contributed by atoms with E-state index in [9.17, 15) is 19.3 Å². The fourth-order valence-electron chi connectivity index (χ4n) is 4.79. The minimum absolute atomic E-state index is 0.0309. The monoisotopic (exact) mass is 484 g/mol. The first-order valence-electron chi connectivity index (χ1n) is 12.2. The van der Waals surface area contributed by atoms with Gasteiger partial charge in [-0.1, -0.05) is 17.7 Å². The van der Waals surface area contributed by atoms with E-state index in [0.717, 1.165) is 38.8 Å². The number of alkyl halides is 1. The topological polar surface area (TPSA) is 88.0 Å². The molecule has 9 heteroatoms. The van der Waals surface area contributed by atoms with E-state index in [2.05, 4.69) is 41.4 Å². The van der Waals surface area contributed by atoms with Crippen molar-refractivity contribution in [3.63, 3.8) is 0 Å². The van der Waals surface area contributed by atoms with Crippen molar-refractivity contribution in [2.45, 2.75) is 51.4 Å². The highest BCUT2D eigenvalue weighted by atomic mass is 19.1. The smallest absolute Gasteiger partial charge is 0.269 e. The van der Waals surface area contributed by atoms with Crippen molar-refractivity contribution in [2.24, 2.45) is 0 Å². The first-order valence-corrected chi connectivity index (χ1v) is 12.2. The highest BCUT2D eigenvalue weighted by molar-refractivity contribution is 5.77. The zero-order valence-electron chi connectivity index (χ0n) is 20.1. The Morgan fingerprint density at radius 1 is 1.09 bits per heavy atom. The summed E-state index contributed by atoms with van der Waals surface area (Å²) in [6, 6.07) is 12.9. The van der Waals surface area contributed by atoms with Crippen LogP contribution in [0.5, 0.6) is 0 Å². The molecule has 0 aromatic heterocycles. The van der Waals surface area contributed by atoms with Gasteiger partial charge in [0, 0.05) is 61.3 Å². The molecule has 1 aliphatic carbocycles. The van der Waals surface area contributed by atoms with Gasteiger partial charge in [0.25, 0.3) is 5.69 Å². The lowest BCUT2D eigenvalue weighted by molar-refractivity contribution is -0.384. The van der Waals surface area contributed by atoms with Gasteiger partial charge in [-0.05, 0) is 50.8 Å². The number of carbonyl (C=O) groups is 1. The van der Waals surface area contributed by atoms with Gasteiger partial charge in [-0.2, -0.15) is 0 Å². The number of nitro benzene ring substituents is 1. The predicted molar refractivity (Wildman–Crippen MR) is 133 cm³/mol. The highest BCUT2D eigenvalue weighted by Gasteiger charge is 2.26. The number of carbonyl (C=O) groups excluding carboxylic acids is 1. The maximum absolute atomic E-state index is 13.4. The molecule has 0 atom stereocenters. The van der Waals surface area contributed by atoms with Crippen LogP contribution in [0.2, 0.25) is 0 Å². The van der Waals surface area contributed by atoms with Crippen LogP contribution in [0.15, 0.2) is 42.5 Å². The van der Waals surface area contributed by atoms with E-state index in [1.807, 2.05) is 4.90 Å². The van der Waals surface area contributed by atoms with Crippen LogP contribution in [-0.2, 0) is 16.2 Å². The van der Waals surface area contributed by atoms with Crippen LogP contribution in [0.25, 0.3) is 0 Å². The van der Waals surface area contributed by atoms with Gasteiger partial charge in [0.1, 0.15) is 13.3 Å². The van der Waals surface area contributed by atoms with E-state index < -0.39 is 11.6 Å². The van der Waals surface area contributed by atoms with Crippen molar-refractivity contribution in [1.82, 2.24) is 4.90 Å². The zero-order valence-corrected chi connectivity index (χ0v) is 20.1. The van der Waals surface area contributed by atoms with Crippen LogP contribution in [0, 0.1) is 17.0 Å². The number of aryl methyl sites for hydroxylation is 1. The maximum Gasteiger partial charge on any atom is 0.269 e. The van der Waals surface area contributed by atoms with Gasteiger partial charge in [-0.3, -0.25) is 14.9 Å². The summed E-state index contributed by atoms with van der Waals surface area (Å²) < 4.78 is 19.3. The molecule has 1 saturated heterocycles. The van der Waals surface area contributed by atoms with Gasteiger partial charge in [0.2, 0.25) is 5.91 Å². The van der Waals surface area contributed by atoms with Crippen molar-refractivity contribution in [2.75, 3.05) is 43.0 Å². The van der Waals surface area contributed by atoms with Crippen LogP contribution >= 0.6 is 0 Å². The van der Waals surface area contributed by atoms with Gasteiger partial charge in [-0.15, -0.1) is 0 Å². The predicted octanol–water partition coefficient (Wildman–Crippen LogP) is 4.46. The Hall–Kier alpha value is -3.20.